The molecule has 2 heteroatoms. The lowest BCUT2D eigenvalue weighted by Crippen LogP contribution is -2.15. The van der Waals surface area contributed by atoms with Crippen molar-refractivity contribution in [3.63, 3.8) is 0 Å². The zero-order valence-electron chi connectivity index (χ0n) is 13.0. The van der Waals surface area contributed by atoms with Crippen molar-refractivity contribution in [2.24, 2.45) is 0 Å². The molecule has 2 nitrogen and oxygen atoms in total. The Kier molecular flexibility index (Phi) is 6.65. The standard InChI is InChI=1S/C17H27NO/c1-6-9-18-10-7-8-13(2)16-11-15(4)17(19-5)12-14(16)3/h8,11-12,18H,6-7,9-10H2,1-5H3/b13-8-. The van der Waals surface area contributed by atoms with Crippen molar-refractivity contribution in [1.82, 2.24) is 5.32 Å². The molecule has 19 heavy (non-hydrogen) atoms. The van der Waals surface area contributed by atoms with E-state index in [1.807, 2.05) is 0 Å². The molecule has 1 N–H and O–H groups in total. The first kappa shape index (κ1) is 15.8. The highest BCUT2D eigenvalue weighted by Crippen LogP contribution is 2.27. The minimum Gasteiger partial charge on any atom is -0.496 e. The maximum absolute atomic E-state index is 5.36. The summed E-state index contributed by atoms with van der Waals surface area (Å²) in [6, 6.07) is 4.34. The molecule has 0 saturated carbocycles. The summed E-state index contributed by atoms with van der Waals surface area (Å²) in [4.78, 5) is 0. The van der Waals surface area contributed by atoms with Crippen LogP contribution in [0, 0.1) is 13.8 Å². The van der Waals surface area contributed by atoms with Crippen LogP contribution in [-0.4, -0.2) is 20.2 Å². The van der Waals surface area contributed by atoms with Gasteiger partial charge in [-0.3, -0.25) is 0 Å². The van der Waals surface area contributed by atoms with Gasteiger partial charge in [-0.15, -0.1) is 0 Å². The Balaban J connectivity index is 2.73. The van der Waals surface area contributed by atoms with Crippen LogP contribution in [0.15, 0.2) is 18.2 Å². The van der Waals surface area contributed by atoms with E-state index in [9.17, 15) is 0 Å². The van der Waals surface area contributed by atoms with Gasteiger partial charge in [-0.05, 0) is 81.1 Å². The molecule has 1 aromatic rings. The van der Waals surface area contributed by atoms with Crippen molar-refractivity contribution in [3.05, 3.63) is 34.9 Å². The van der Waals surface area contributed by atoms with Gasteiger partial charge in [0.15, 0.2) is 0 Å². The summed E-state index contributed by atoms with van der Waals surface area (Å²) in [5.74, 6) is 0.971. The van der Waals surface area contributed by atoms with E-state index in [2.05, 4.69) is 51.2 Å². The molecule has 0 aliphatic heterocycles. The van der Waals surface area contributed by atoms with E-state index in [1.165, 1.54) is 28.7 Å². The Morgan fingerprint density at radius 1 is 1.21 bits per heavy atom. The fourth-order valence-corrected chi connectivity index (χ4v) is 2.24. The molecule has 0 atom stereocenters. The summed E-state index contributed by atoms with van der Waals surface area (Å²) in [7, 11) is 1.73. The van der Waals surface area contributed by atoms with E-state index in [4.69, 9.17) is 4.74 Å². The third-order valence-corrected chi connectivity index (χ3v) is 3.37. The number of hydrogen-bond acceptors (Lipinski definition) is 2. The number of hydrogen-bond donors (Lipinski definition) is 1. The SMILES string of the molecule is CCCNCC/C=C(/C)c1cc(C)c(OC)cc1C. The van der Waals surface area contributed by atoms with Crippen LogP contribution >= 0.6 is 0 Å². The quantitative estimate of drug-likeness (QED) is 0.746. The number of benzene rings is 1. The normalized spacial score (nSPS) is 11.7. The highest BCUT2D eigenvalue weighted by molar-refractivity contribution is 5.68. The second-order valence-electron chi connectivity index (χ2n) is 5.06. The lowest BCUT2D eigenvalue weighted by atomic mass is 9.98. The molecule has 0 heterocycles. The van der Waals surface area contributed by atoms with E-state index >= 15 is 0 Å². The second kappa shape index (κ2) is 8.00. The third kappa shape index (κ3) is 4.71. The molecule has 0 radical (unpaired) electrons. The van der Waals surface area contributed by atoms with Gasteiger partial charge in [-0.1, -0.05) is 13.0 Å². The molecule has 1 aromatic carbocycles. The van der Waals surface area contributed by atoms with Crippen molar-refractivity contribution in [2.45, 2.75) is 40.5 Å². The molecule has 0 unspecified atom stereocenters. The van der Waals surface area contributed by atoms with E-state index < -0.39 is 0 Å². The van der Waals surface area contributed by atoms with E-state index in [-0.39, 0.29) is 0 Å². The number of methoxy groups -OCH3 is 1. The summed E-state index contributed by atoms with van der Waals surface area (Å²) >= 11 is 0. The lowest BCUT2D eigenvalue weighted by Gasteiger charge is -2.12. The van der Waals surface area contributed by atoms with Crippen LogP contribution in [0.25, 0.3) is 5.57 Å². The van der Waals surface area contributed by atoms with Crippen LogP contribution in [0.2, 0.25) is 0 Å². The molecule has 0 aliphatic carbocycles. The van der Waals surface area contributed by atoms with Gasteiger partial charge in [0.25, 0.3) is 0 Å². The van der Waals surface area contributed by atoms with E-state index in [1.54, 1.807) is 7.11 Å². The molecular weight excluding hydrogens is 234 g/mol. The second-order valence-corrected chi connectivity index (χ2v) is 5.06. The topological polar surface area (TPSA) is 21.3 Å². The summed E-state index contributed by atoms with van der Waals surface area (Å²) in [6.07, 6.45) is 4.59. The minimum absolute atomic E-state index is 0.971. The maximum Gasteiger partial charge on any atom is 0.122 e. The van der Waals surface area contributed by atoms with Crippen molar-refractivity contribution < 1.29 is 4.74 Å². The summed E-state index contributed by atoms with van der Waals surface area (Å²) < 4.78 is 5.36. The van der Waals surface area contributed by atoms with Gasteiger partial charge in [-0.25, -0.2) is 0 Å². The molecular formula is C17H27NO. The first-order valence-electron chi connectivity index (χ1n) is 7.13. The van der Waals surface area contributed by atoms with Crippen LogP contribution in [0.4, 0.5) is 0 Å². The van der Waals surface area contributed by atoms with Gasteiger partial charge in [-0.2, -0.15) is 0 Å². The van der Waals surface area contributed by atoms with Gasteiger partial charge in [0.05, 0.1) is 7.11 Å². The summed E-state index contributed by atoms with van der Waals surface area (Å²) in [6.45, 7) is 10.8. The number of ether oxygens (including phenoxy) is 1. The average Bonchev–Trinajstić information content (AvgIpc) is 2.40. The zero-order chi connectivity index (χ0) is 14.3. The number of nitrogens with one attached hydrogen (secondary N) is 1. The summed E-state index contributed by atoms with van der Waals surface area (Å²) in [5, 5.41) is 3.42. The van der Waals surface area contributed by atoms with Crippen LogP contribution in [0.5, 0.6) is 5.75 Å². The van der Waals surface area contributed by atoms with Crippen LogP contribution in [-0.2, 0) is 0 Å². The van der Waals surface area contributed by atoms with Crippen molar-refractivity contribution in [2.75, 3.05) is 20.2 Å². The first-order valence-corrected chi connectivity index (χ1v) is 7.13. The van der Waals surface area contributed by atoms with Gasteiger partial charge >= 0.3 is 0 Å². The van der Waals surface area contributed by atoms with Crippen molar-refractivity contribution in [1.29, 1.82) is 0 Å². The van der Waals surface area contributed by atoms with Gasteiger partial charge in [0, 0.05) is 0 Å². The van der Waals surface area contributed by atoms with Crippen molar-refractivity contribution >= 4 is 5.57 Å². The molecule has 106 valence electrons. The van der Waals surface area contributed by atoms with Gasteiger partial charge in [0.2, 0.25) is 0 Å². The Morgan fingerprint density at radius 2 is 1.95 bits per heavy atom. The molecule has 0 aromatic heterocycles. The average molecular weight is 261 g/mol. The van der Waals surface area contributed by atoms with E-state index in [0.29, 0.717) is 0 Å². The van der Waals surface area contributed by atoms with E-state index in [0.717, 1.165) is 25.3 Å². The molecule has 0 bridgehead atoms. The molecule has 0 aliphatic rings. The fourth-order valence-electron chi connectivity index (χ4n) is 2.24. The number of aryl methyl sites for hydroxylation is 2. The van der Waals surface area contributed by atoms with Crippen LogP contribution < -0.4 is 10.1 Å². The fraction of sp³-hybridized carbons (Fsp3) is 0.529. The largest absolute Gasteiger partial charge is 0.496 e. The third-order valence-electron chi connectivity index (χ3n) is 3.37. The number of allylic oxidation sites excluding steroid dienone is 1. The lowest BCUT2D eigenvalue weighted by molar-refractivity contribution is 0.411. The van der Waals surface area contributed by atoms with Crippen LogP contribution in [0.3, 0.4) is 0 Å². The highest BCUT2D eigenvalue weighted by Gasteiger charge is 2.05. The predicted octanol–water partition coefficient (Wildman–Crippen LogP) is 4.11. The Morgan fingerprint density at radius 3 is 2.58 bits per heavy atom. The molecule has 0 amide bonds. The monoisotopic (exact) mass is 261 g/mol. The Labute approximate surface area is 117 Å². The first-order chi connectivity index (χ1) is 9.10. The molecule has 0 saturated heterocycles. The minimum atomic E-state index is 0.971. The smallest absolute Gasteiger partial charge is 0.122 e. The van der Waals surface area contributed by atoms with Crippen LogP contribution in [0.1, 0.15) is 43.4 Å². The molecule has 0 spiro atoms. The summed E-state index contributed by atoms with van der Waals surface area (Å²) in [5.41, 5.74) is 5.15. The molecule has 0 fully saturated rings. The van der Waals surface area contributed by atoms with Gasteiger partial charge in [0.1, 0.15) is 5.75 Å². The maximum atomic E-state index is 5.36. The highest BCUT2D eigenvalue weighted by atomic mass is 16.5. The van der Waals surface area contributed by atoms with Crippen molar-refractivity contribution in [3.8, 4) is 5.75 Å². The Bertz CT molecular complexity index is 435. The molecule has 1 rings (SSSR count). The number of rotatable bonds is 7. The zero-order valence-corrected chi connectivity index (χ0v) is 13.0. The Hall–Kier alpha value is -1.28. The van der Waals surface area contributed by atoms with Gasteiger partial charge < -0.3 is 10.1 Å². The predicted molar refractivity (Wildman–Crippen MR) is 83.9 cm³/mol.